The summed E-state index contributed by atoms with van der Waals surface area (Å²) >= 11 is 0. The van der Waals surface area contributed by atoms with Crippen molar-refractivity contribution in [3.63, 3.8) is 0 Å². The minimum absolute atomic E-state index is 0.151. The largest absolute Gasteiger partial charge is 0.352 e. The third-order valence-electron chi connectivity index (χ3n) is 2.14. The topological polar surface area (TPSA) is 79.2 Å². The number of nitrogens with one attached hydrogen (secondary N) is 3. The van der Waals surface area contributed by atoms with Crippen molar-refractivity contribution in [3.05, 3.63) is 29.8 Å². The summed E-state index contributed by atoms with van der Waals surface area (Å²) in [5.74, 6) is 0. The van der Waals surface area contributed by atoms with Crippen molar-refractivity contribution in [2.45, 2.75) is 12.6 Å². The number of rotatable bonds is 1. The highest BCUT2D eigenvalue weighted by Gasteiger charge is 2.17. The highest BCUT2D eigenvalue weighted by atomic mass is 16.2. The number of benzene rings is 1. The SMILES string of the molecule is NC(=O)NC1Cc2ccccc2NN1. The second-order valence-electron chi connectivity index (χ2n) is 3.19. The summed E-state index contributed by atoms with van der Waals surface area (Å²) < 4.78 is 0. The van der Waals surface area contributed by atoms with Crippen LogP contribution < -0.4 is 21.9 Å². The van der Waals surface area contributed by atoms with Gasteiger partial charge < -0.3 is 16.5 Å². The Bertz CT molecular complexity index is 352. The lowest BCUT2D eigenvalue weighted by molar-refractivity contribution is 0.243. The number of para-hydroxylation sites is 1. The van der Waals surface area contributed by atoms with Gasteiger partial charge in [0.1, 0.15) is 6.17 Å². The van der Waals surface area contributed by atoms with E-state index in [4.69, 9.17) is 5.73 Å². The number of hydrazine groups is 1. The Hall–Kier alpha value is -1.75. The Morgan fingerprint density at radius 1 is 1.50 bits per heavy atom. The quantitative estimate of drug-likeness (QED) is 0.511. The Kier molecular flexibility index (Phi) is 2.24. The molecule has 0 aromatic heterocycles. The number of hydrogen-bond acceptors (Lipinski definition) is 3. The fourth-order valence-corrected chi connectivity index (χ4v) is 1.51. The molecule has 5 N–H and O–H groups in total. The van der Waals surface area contributed by atoms with Crippen molar-refractivity contribution in [2.24, 2.45) is 5.73 Å². The average Bonchev–Trinajstić information content (AvgIpc) is 2.17. The number of amides is 2. The normalized spacial score (nSPS) is 19.3. The molecule has 0 fully saturated rings. The van der Waals surface area contributed by atoms with Crippen LogP contribution in [-0.4, -0.2) is 12.2 Å². The Morgan fingerprint density at radius 3 is 3.07 bits per heavy atom. The molecule has 1 aliphatic rings. The summed E-state index contributed by atoms with van der Waals surface area (Å²) in [6.07, 6.45) is 0.578. The van der Waals surface area contributed by atoms with E-state index < -0.39 is 6.03 Å². The Balaban J connectivity index is 2.09. The molecule has 1 unspecified atom stereocenters. The molecule has 0 saturated heterocycles. The van der Waals surface area contributed by atoms with E-state index in [1.54, 1.807) is 0 Å². The zero-order chi connectivity index (χ0) is 9.97. The minimum atomic E-state index is -0.524. The zero-order valence-electron chi connectivity index (χ0n) is 7.58. The first kappa shape index (κ1) is 8.83. The summed E-state index contributed by atoms with van der Waals surface area (Å²) in [7, 11) is 0. The summed E-state index contributed by atoms with van der Waals surface area (Å²) in [4.78, 5) is 10.6. The van der Waals surface area contributed by atoms with Crippen LogP contribution in [0.15, 0.2) is 24.3 Å². The lowest BCUT2D eigenvalue weighted by atomic mass is 10.1. The van der Waals surface area contributed by atoms with E-state index in [0.717, 1.165) is 17.7 Å². The molecule has 14 heavy (non-hydrogen) atoms. The van der Waals surface area contributed by atoms with E-state index in [1.807, 2.05) is 24.3 Å². The van der Waals surface area contributed by atoms with Crippen molar-refractivity contribution in [1.29, 1.82) is 0 Å². The molecule has 5 heteroatoms. The molecule has 1 aromatic carbocycles. The van der Waals surface area contributed by atoms with Crippen LogP contribution in [0.4, 0.5) is 10.5 Å². The number of nitrogens with two attached hydrogens (primary N) is 1. The van der Waals surface area contributed by atoms with Crippen LogP contribution in [0.3, 0.4) is 0 Å². The van der Waals surface area contributed by atoms with E-state index in [1.165, 1.54) is 0 Å². The predicted octanol–water partition coefficient (Wildman–Crippen LogP) is 0.154. The van der Waals surface area contributed by atoms with Gasteiger partial charge in [0.05, 0.1) is 5.69 Å². The van der Waals surface area contributed by atoms with Gasteiger partial charge in [-0.2, -0.15) is 0 Å². The molecule has 0 bridgehead atoms. The third-order valence-corrected chi connectivity index (χ3v) is 2.14. The Labute approximate surface area is 81.6 Å². The van der Waals surface area contributed by atoms with Crippen LogP contribution in [0.5, 0.6) is 0 Å². The van der Waals surface area contributed by atoms with Crippen LogP contribution in [-0.2, 0) is 6.42 Å². The summed E-state index contributed by atoms with van der Waals surface area (Å²) in [5.41, 5.74) is 13.2. The molecule has 1 heterocycles. The van der Waals surface area contributed by atoms with E-state index in [-0.39, 0.29) is 6.17 Å². The number of urea groups is 1. The smallest absolute Gasteiger partial charge is 0.313 e. The monoisotopic (exact) mass is 192 g/mol. The number of fused-ring (bicyclic) bond motifs is 1. The average molecular weight is 192 g/mol. The van der Waals surface area contributed by atoms with Gasteiger partial charge in [0.15, 0.2) is 0 Å². The fraction of sp³-hybridized carbons (Fsp3) is 0.222. The van der Waals surface area contributed by atoms with E-state index in [2.05, 4.69) is 16.2 Å². The van der Waals surface area contributed by atoms with Crippen molar-refractivity contribution >= 4 is 11.7 Å². The van der Waals surface area contributed by atoms with Crippen LogP contribution in [0.2, 0.25) is 0 Å². The Morgan fingerprint density at radius 2 is 2.29 bits per heavy atom. The molecule has 0 spiro atoms. The fourth-order valence-electron chi connectivity index (χ4n) is 1.51. The number of primary amides is 1. The maximum absolute atomic E-state index is 10.6. The molecule has 0 aliphatic carbocycles. The van der Waals surface area contributed by atoms with Crippen molar-refractivity contribution in [3.8, 4) is 0 Å². The van der Waals surface area contributed by atoms with Gasteiger partial charge in [-0.05, 0) is 11.6 Å². The minimum Gasteiger partial charge on any atom is -0.352 e. The molecule has 2 amide bonds. The van der Waals surface area contributed by atoms with Gasteiger partial charge in [-0.3, -0.25) is 0 Å². The van der Waals surface area contributed by atoms with Crippen molar-refractivity contribution in [1.82, 2.24) is 10.7 Å². The van der Waals surface area contributed by atoms with Crippen LogP contribution in [0, 0.1) is 0 Å². The van der Waals surface area contributed by atoms with Gasteiger partial charge in [0.25, 0.3) is 0 Å². The van der Waals surface area contributed by atoms with E-state index in [0.29, 0.717) is 0 Å². The molecule has 1 aromatic rings. The lowest BCUT2D eigenvalue weighted by Gasteiger charge is -2.27. The molecule has 74 valence electrons. The molecule has 0 radical (unpaired) electrons. The van der Waals surface area contributed by atoms with Gasteiger partial charge in [-0.1, -0.05) is 18.2 Å². The number of hydrogen-bond donors (Lipinski definition) is 4. The molecular formula is C9H12N4O. The first-order chi connectivity index (χ1) is 6.75. The summed E-state index contributed by atoms with van der Waals surface area (Å²) in [6.45, 7) is 0. The van der Waals surface area contributed by atoms with Gasteiger partial charge in [-0.15, -0.1) is 0 Å². The standard InChI is InChI=1S/C9H12N4O/c10-9(14)11-8-5-6-3-1-2-4-7(6)12-13-8/h1-4,8,12-13H,5H2,(H3,10,11,14). The highest BCUT2D eigenvalue weighted by molar-refractivity contribution is 5.72. The zero-order valence-corrected chi connectivity index (χ0v) is 7.58. The molecule has 5 nitrogen and oxygen atoms in total. The van der Waals surface area contributed by atoms with Crippen LogP contribution in [0.25, 0.3) is 0 Å². The molecule has 2 rings (SSSR count). The van der Waals surface area contributed by atoms with Gasteiger partial charge in [0.2, 0.25) is 0 Å². The molecular weight excluding hydrogens is 180 g/mol. The lowest BCUT2D eigenvalue weighted by Crippen LogP contribution is -2.53. The molecule has 1 aliphatic heterocycles. The van der Waals surface area contributed by atoms with Crippen LogP contribution in [0.1, 0.15) is 5.56 Å². The van der Waals surface area contributed by atoms with Gasteiger partial charge in [-0.25, -0.2) is 10.2 Å². The van der Waals surface area contributed by atoms with Gasteiger partial charge >= 0.3 is 6.03 Å². The predicted molar refractivity (Wildman–Crippen MR) is 53.4 cm³/mol. The summed E-state index contributed by atoms with van der Waals surface area (Å²) in [5, 5.41) is 2.59. The van der Waals surface area contributed by atoms with Gasteiger partial charge in [0, 0.05) is 6.42 Å². The number of carbonyl (C=O) groups excluding carboxylic acids is 1. The second-order valence-corrected chi connectivity index (χ2v) is 3.19. The molecule has 1 atom stereocenters. The van der Waals surface area contributed by atoms with E-state index in [9.17, 15) is 4.79 Å². The van der Waals surface area contributed by atoms with Crippen molar-refractivity contribution in [2.75, 3.05) is 5.43 Å². The number of carbonyl (C=O) groups is 1. The summed E-state index contributed by atoms with van der Waals surface area (Å²) in [6, 6.07) is 7.38. The highest BCUT2D eigenvalue weighted by Crippen LogP contribution is 2.18. The first-order valence-corrected chi connectivity index (χ1v) is 4.41. The third kappa shape index (κ3) is 1.77. The number of anilines is 1. The van der Waals surface area contributed by atoms with Crippen molar-refractivity contribution < 1.29 is 4.79 Å². The maximum atomic E-state index is 10.6. The second kappa shape index (κ2) is 3.55. The maximum Gasteiger partial charge on any atom is 0.313 e. The van der Waals surface area contributed by atoms with Crippen LogP contribution >= 0.6 is 0 Å². The van der Waals surface area contributed by atoms with E-state index >= 15 is 0 Å². The molecule has 0 saturated carbocycles. The first-order valence-electron chi connectivity index (χ1n) is 4.41.